The highest BCUT2D eigenvalue weighted by Crippen LogP contribution is 2.44. The molecule has 1 aromatic carbocycles. The molecule has 1 heterocycles. The summed E-state index contributed by atoms with van der Waals surface area (Å²) in [4.78, 5) is 12.9. The van der Waals surface area contributed by atoms with Gasteiger partial charge in [-0.15, -0.1) is 11.3 Å². The first-order valence-electron chi connectivity index (χ1n) is 10.8. The Bertz CT molecular complexity index is 1070. The molecule has 0 amide bonds. The lowest BCUT2D eigenvalue weighted by Gasteiger charge is -2.19. The Balaban J connectivity index is 1.57. The second-order valence-electron chi connectivity index (χ2n) is 9.44. The van der Waals surface area contributed by atoms with E-state index < -0.39 is 21.2 Å². The number of carbonyl (C=O) groups is 1. The SMILES string of the molecule is C[C@@H](c1ccc2c(c1CC(=O)CS(=O)(=O)c1cc(C(C)(C)O)cs1)CCC2)C1CC1. The highest BCUT2D eigenvalue weighted by Gasteiger charge is 2.33. The van der Waals surface area contributed by atoms with Crippen LogP contribution in [0.25, 0.3) is 0 Å². The molecule has 0 bridgehead atoms. The van der Waals surface area contributed by atoms with Gasteiger partial charge in [0.25, 0.3) is 0 Å². The molecule has 162 valence electrons. The van der Waals surface area contributed by atoms with E-state index in [2.05, 4.69) is 19.1 Å². The van der Waals surface area contributed by atoms with E-state index in [0.29, 0.717) is 17.4 Å². The predicted molar refractivity (Wildman–Crippen MR) is 120 cm³/mol. The molecular formula is C24H30O4S2. The van der Waals surface area contributed by atoms with Gasteiger partial charge in [-0.2, -0.15) is 0 Å². The number of thiophene rings is 1. The lowest BCUT2D eigenvalue weighted by atomic mass is 9.86. The van der Waals surface area contributed by atoms with Gasteiger partial charge in [-0.25, -0.2) is 8.42 Å². The molecule has 1 atom stereocenters. The molecule has 0 unspecified atom stereocenters. The van der Waals surface area contributed by atoms with Crippen molar-refractivity contribution in [3.63, 3.8) is 0 Å². The van der Waals surface area contributed by atoms with E-state index in [-0.39, 0.29) is 16.4 Å². The van der Waals surface area contributed by atoms with Crippen LogP contribution >= 0.6 is 11.3 Å². The van der Waals surface area contributed by atoms with Gasteiger partial charge in [-0.05, 0) is 97.1 Å². The fraction of sp³-hybridized carbons (Fsp3) is 0.542. The molecule has 2 aliphatic carbocycles. The number of hydrogen-bond donors (Lipinski definition) is 1. The largest absolute Gasteiger partial charge is 0.386 e. The number of rotatable bonds is 8. The molecule has 30 heavy (non-hydrogen) atoms. The minimum Gasteiger partial charge on any atom is -0.386 e. The van der Waals surface area contributed by atoms with E-state index in [1.54, 1.807) is 19.2 Å². The molecule has 0 radical (unpaired) electrons. The van der Waals surface area contributed by atoms with E-state index in [1.807, 2.05) is 0 Å². The number of ketones is 1. The number of aryl methyl sites for hydroxylation is 1. The molecular weight excluding hydrogens is 416 g/mol. The molecule has 1 N–H and O–H groups in total. The number of hydrogen-bond acceptors (Lipinski definition) is 5. The normalized spacial score (nSPS) is 17.7. The minimum atomic E-state index is -3.71. The van der Waals surface area contributed by atoms with Crippen LogP contribution in [-0.4, -0.2) is 25.1 Å². The lowest BCUT2D eigenvalue weighted by molar-refractivity contribution is -0.116. The number of carbonyl (C=O) groups excluding carboxylic acids is 1. The molecule has 0 spiro atoms. The first-order chi connectivity index (χ1) is 14.1. The molecule has 4 nitrogen and oxygen atoms in total. The standard InChI is InChI=1S/C24H30O4S2/c1-15(16-7-8-16)20-10-9-17-5-4-6-21(17)22(20)12-19(25)14-30(27,28)23-11-18(13-29-23)24(2,3)26/h9-11,13,15-16,26H,4-8,12,14H2,1-3H3/t15-/m1/s1. The van der Waals surface area contributed by atoms with Gasteiger partial charge in [0.05, 0.1) is 5.60 Å². The third-order valence-corrected chi connectivity index (χ3v) is 9.78. The van der Waals surface area contributed by atoms with E-state index >= 15 is 0 Å². The van der Waals surface area contributed by atoms with Gasteiger partial charge >= 0.3 is 0 Å². The summed E-state index contributed by atoms with van der Waals surface area (Å²) < 4.78 is 25.9. The zero-order valence-electron chi connectivity index (χ0n) is 17.9. The first kappa shape index (κ1) is 21.7. The van der Waals surface area contributed by atoms with Crippen LogP contribution in [0.1, 0.15) is 73.8 Å². The Hall–Kier alpha value is -1.50. The quantitative estimate of drug-likeness (QED) is 0.645. The van der Waals surface area contributed by atoms with Crippen LogP contribution in [0, 0.1) is 5.92 Å². The zero-order valence-corrected chi connectivity index (χ0v) is 19.5. The highest BCUT2D eigenvalue weighted by molar-refractivity contribution is 7.94. The first-order valence-corrected chi connectivity index (χ1v) is 13.3. The van der Waals surface area contributed by atoms with Crippen molar-refractivity contribution in [1.29, 1.82) is 0 Å². The van der Waals surface area contributed by atoms with Crippen LogP contribution < -0.4 is 0 Å². The molecule has 1 aromatic heterocycles. The molecule has 2 aliphatic rings. The fourth-order valence-corrected chi connectivity index (χ4v) is 7.25. The molecule has 0 saturated heterocycles. The summed E-state index contributed by atoms with van der Waals surface area (Å²) in [7, 11) is -3.71. The average molecular weight is 447 g/mol. The maximum absolute atomic E-state index is 12.9. The van der Waals surface area contributed by atoms with E-state index in [4.69, 9.17) is 0 Å². The van der Waals surface area contributed by atoms with E-state index in [9.17, 15) is 18.3 Å². The number of Topliss-reactive ketones (excluding diaryl/α,β-unsaturated/α-hetero) is 1. The second kappa shape index (κ2) is 7.88. The monoisotopic (exact) mass is 446 g/mol. The Labute approximate surface area is 183 Å². The molecule has 1 saturated carbocycles. The average Bonchev–Trinajstić information content (AvgIpc) is 3.16. The van der Waals surface area contributed by atoms with Crippen molar-refractivity contribution in [3.05, 3.63) is 51.4 Å². The summed E-state index contributed by atoms with van der Waals surface area (Å²) in [6.45, 7) is 5.48. The third-order valence-electron chi connectivity index (χ3n) is 6.57. The predicted octanol–water partition coefficient (Wildman–Crippen LogP) is 4.56. The van der Waals surface area contributed by atoms with Gasteiger partial charge in [0.1, 0.15) is 9.96 Å². The number of aliphatic hydroxyl groups is 1. The molecule has 1 fully saturated rings. The molecule has 4 rings (SSSR count). The topological polar surface area (TPSA) is 71.4 Å². The van der Waals surface area contributed by atoms with Crippen LogP contribution in [0.15, 0.2) is 27.8 Å². The molecule has 6 heteroatoms. The highest BCUT2D eigenvalue weighted by atomic mass is 32.2. The maximum atomic E-state index is 12.9. The fourth-order valence-electron chi connectivity index (χ4n) is 4.58. The van der Waals surface area contributed by atoms with Gasteiger partial charge < -0.3 is 5.11 Å². The Kier molecular flexibility index (Phi) is 5.71. The van der Waals surface area contributed by atoms with Crippen molar-refractivity contribution in [2.75, 3.05) is 5.75 Å². The van der Waals surface area contributed by atoms with Crippen LogP contribution in [0.5, 0.6) is 0 Å². The summed E-state index contributed by atoms with van der Waals surface area (Å²) in [5.74, 6) is 0.368. The van der Waals surface area contributed by atoms with E-state index in [0.717, 1.165) is 36.2 Å². The van der Waals surface area contributed by atoms with Crippen molar-refractivity contribution in [1.82, 2.24) is 0 Å². The molecule has 2 aromatic rings. The summed E-state index contributed by atoms with van der Waals surface area (Å²) >= 11 is 1.07. The minimum absolute atomic E-state index is 0.151. The Morgan fingerprint density at radius 2 is 2.00 bits per heavy atom. The van der Waals surface area contributed by atoms with Crippen LogP contribution in [0.2, 0.25) is 0 Å². The summed E-state index contributed by atoms with van der Waals surface area (Å²) in [5, 5.41) is 11.8. The summed E-state index contributed by atoms with van der Waals surface area (Å²) in [6, 6.07) is 5.89. The second-order valence-corrected chi connectivity index (χ2v) is 12.6. The van der Waals surface area contributed by atoms with Crippen molar-refractivity contribution in [2.24, 2.45) is 5.92 Å². The van der Waals surface area contributed by atoms with Gasteiger partial charge in [0.2, 0.25) is 0 Å². The Morgan fingerprint density at radius 3 is 2.63 bits per heavy atom. The van der Waals surface area contributed by atoms with E-state index in [1.165, 1.54) is 35.6 Å². The van der Waals surface area contributed by atoms with Crippen molar-refractivity contribution in [3.8, 4) is 0 Å². The number of fused-ring (bicyclic) bond motifs is 1. The number of benzene rings is 1. The van der Waals surface area contributed by atoms with Crippen molar-refractivity contribution < 1.29 is 18.3 Å². The van der Waals surface area contributed by atoms with Crippen molar-refractivity contribution in [2.45, 2.75) is 75.0 Å². The van der Waals surface area contributed by atoms with Crippen LogP contribution in [0.3, 0.4) is 0 Å². The number of sulfone groups is 1. The van der Waals surface area contributed by atoms with Gasteiger partial charge in [-0.1, -0.05) is 19.1 Å². The molecule has 0 aliphatic heterocycles. The van der Waals surface area contributed by atoms with Crippen LogP contribution in [0.4, 0.5) is 0 Å². The van der Waals surface area contributed by atoms with Crippen molar-refractivity contribution >= 4 is 27.0 Å². The van der Waals surface area contributed by atoms with Crippen LogP contribution in [-0.2, 0) is 39.5 Å². The smallest absolute Gasteiger partial charge is 0.194 e. The lowest BCUT2D eigenvalue weighted by Crippen LogP contribution is -2.20. The summed E-state index contributed by atoms with van der Waals surface area (Å²) in [5.41, 5.74) is 4.39. The summed E-state index contributed by atoms with van der Waals surface area (Å²) in [6.07, 6.45) is 5.80. The Morgan fingerprint density at radius 1 is 1.27 bits per heavy atom. The maximum Gasteiger partial charge on any atom is 0.194 e. The van der Waals surface area contributed by atoms with Gasteiger partial charge in [-0.3, -0.25) is 4.79 Å². The van der Waals surface area contributed by atoms with Gasteiger partial charge in [0, 0.05) is 6.42 Å². The zero-order chi connectivity index (χ0) is 21.7. The van der Waals surface area contributed by atoms with Gasteiger partial charge in [0.15, 0.2) is 15.6 Å². The third kappa shape index (κ3) is 4.41.